The largest absolute Gasteiger partial charge is 0.480 e. The first kappa shape index (κ1) is 15.5. The van der Waals surface area contributed by atoms with E-state index in [0.29, 0.717) is 5.69 Å². The third-order valence-corrected chi connectivity index (χ3v) is 4.09. The maximum absolute atomic E-state index is 11.9. The Morgan fingerprint density at radius 2 is 1.79 bits per heavy atom. The summed E-state index contributed by atoms with van der Waals surface area (Å²) in [5.74, 6) is -1.15. The monoisotopic (exact) mass is 285 g/mol. The van der Waals surface area contributed by atoms with Crippen molar-refractivity contribution in [3.05, 3.63) is 29.8 Å². The van der Waals surface area contributed by atoms with E-state index in [2.05, 4.69) is 0 Å². The molecule has 1 aromatic carbocycles. The lowest BCUT2D eigenvalue weighted by molar-refractivity contribution is -0.138. The van der Waals surface area contributed by atoms with Crippen molar-refractivity contribution in [3.63, 3.8) is 0 Å². The second-order valence-electron chi connectivity index (χ2n) is 4.34. The van der Waals surface area contributed by atoms with Crippen molar-refractivity contribution in [1.29, 1.82) is 0 Å². The number of rotatable bonds is 6. The fraction of sp³-hybridized carbons (Fsp3) is 0.462. The molecule has 0 saturated carbocycles. The van der Waals surface area contributed by atoms with Gasteiger partial charge in [-0.05, 0) is 30.5 Å². The SMILES string of the molecule is CCc1ccc(N(C(CC)C(=O)O)S(C)(=O)=O)cc1. The lowest BCUT2D eigenvalue weighted by Crippen LogP contribution is -2.44. The average molecular weight is 285 g/mol. The van der Waals surface area contributed by atoms with Crippen LogP contribution in [0, 0.1) is 0 Å². The minimum atomic E-state index is -3.64. The van der Waals surface area contributed by atoms with Gasteiger partial charge in [-0.25, -0.2) is 13.2 Å². The van der Waals surface area contributed by atoms with Gasteiger partial charge in [0.15, 0.2) is 0 Å². The predicted molar refractivity (Wildman–Crippen MR) is 74.9 cm³/mol. The lowest BCUT2D eigenvalue weighted by atomic mass is 10.1. The number of hydrogen-bond donors (Lipinski definition) is 1. The van der Waals surface area contributed by atoms with E-state index in [1.165, 1.54) is 0 Å². The van der Waals surface area contributed by atoms with Crippen molar-refractivity contribution >= 4 is 21.7 Å². The fourth-order valence-electron chi connectivity index (χ4n) is 1.92. The molecule has 0 saturated heterocycles. The Labute approximate surface area is 113 Å². The Morgan fingerprint density at radius 1 is 1.26 bits per heavy atom. The van der Waals surface area contributed by atoms with Gasteiger partial charge in [0.1, 0.15) is 6.04 Å². The van der Waals surface area contributed by atoms with Gasteiger partial charge in [-0.1, -0.05) is 26.0 Å². The van der Waals surface area contributed by atoms with Gasteiger partial charge >= 0.3 is 5.97 Å². The highest BCUT2D eigenvalue weighted by atomic mass is 32.2. The van der Waals surface area contributed by atoms with E-state index < -0.39 is 22.0 Å². The lowest BCUT2D eigenvalue weighted by Gasteiger charge is -2.28. The van der Waals surface area contributed by atoms with Gasteiger partial charge < -0.3 is 5.11 Å². The third-order valence-electron chi connectivity index (χ3n) is 2.91. The Morgan fingerprint density at radius 3 is 2.11 bits per heavy atom. The molecule has 5 nitrogen and oxygen atoms in total. The van der Waals surface area contributed by atoms with Crippen molar-refractivity contribution in [2.24, 2.45) is 0 Å². The van der Waals surface area contributed by atoms with Crippen molar-refractivity contribution in [1.82, 2.24) is 0 Å². The standard InChI is InChI=1S/C13H19NO4S/c1-4-10-6-8-11(9-7-10)14(19(3,17)18)12(5-2)13(15)16/h6-9,12H,4-5H2,1-3H3,(H,15,16). The summed E-state index contributed by atoms with van der Waals surface area (Å²) < 4.78 is 24.7. The van der Waals surface area contributed by atoms with Crippen molar-refractivity contribution in [2.75, 3.05) is 10.6 Å². The average Bonchev–Trinajstić information content (AvgIpc) is 2.34. The molecular formula is C13H19NO4S. The number of sulfonamides is 1. The van der Waals surface area contributed by atoms with E-state index in [0.717, 1.165) is 22.5 Å². The third kappa shape index (κ3) is 3.70. The maximum atomic E-state index is 11.9. The van der Waals surface area contributed by atoms with Crippen LogP contribution in [-0.4, -0.2) is 31.8 Å². The molecule has 0 aromatic heterocycles. The van der Waals surface area contributed by atoms with Crippen LogP contribution in [0.5, 0.6) is 0 Å². The van der Waals surface area contributed by atoms with Crippen LogP contribution in [0.25, 0.3) is 0 Å². The van der Waals surface area contributed by atoms with Gasteiger partial charge in [-0.2, -0.15) is 0 Å². The first-order valence-corrected chi connectivity index (χ1v) is 7.97. The van der Waals surface area contributed by atoms with Crippen LogP contribution in [0.4, 0.5) is 5.69 Å². The number of carbonyl (C=O) groups is 1. The molecule has 0 aliphatic carbocycles. The topological polar surface area (TPSA) is 74.7 Å². The van der Waals surface area contributed by atoms with E-state index >= 15 is 0 Å². The van der Waals surface area contributed by atoms with Crippen molar-refractivity contribution in [2.45, 2.75) is 32.7 Å². The smallest absolute Gasteiger partial charge is 0.327 e. The number of benzene rings is 1. The number of aryl methyl sites for hydroxylation is 1. The molecule has 0 radical (unpaired) electrons. The Hall–Kier alpha value is -1.56. The molecule has 1 aromatic rings. The van der Waals surface area contributed by atoms with E-state index in [4.69, 9.17) is 5.11 Å². The molecule has 1 unspecified atom stereocenters. The zero-order valence-corrected chi connectivity index (χ0v) is 12.1. The Balaban J connectivity index is 3.27. The summed E-state index contributed by atoms with van der Waals surface area (Å²) in [5.41, 5.74) is 1.45. The van der Waals surface area contributed by atoms with Gasteiger partial charge in [0.25, 0.3) is 0 Å². The van der Waals surface area contributed by atoms with Crippen LogP contribution in [0.15, 0.2) is 24.3 Å². The first-order chi connectivity index (χ1) is 8.81. The molecule has 0 heterocycles. The number of anilines is 1. The number of hydrogen-bond acceptors (Lipinski definition) is 3. The second-order valence-corrected chi connectivity index (χ2v) is 6.20. The molecule has 19 heavy (non-hydrogen) atoms. The summed E-state index contributed by atoms with van der Waals surface area (Å²) in [7, 11) is -3.64. The minimum absolute atomic E-state index is 0.206. The highest BCUT2D eigenvalue weighted by Gasteiger charge is 2.31. The molecular weight excluding hydrogens is 266 g/mol. The molecule has 0 aliphatic heterocycles. The van der Waals surface area contributed by atoms with Crippen LogP contribution in [0.3, 0.4) is 0 Å². The molecule has 0 amide bonds. The molecule has 106 valence electrons. The molecule has 6 heteroatoms. The highest BCUT2D eigenvalue weighted by molar-refractivity contribution is 7.92. The number of aliphatic carboxylic acids is 1. The predicted octanol–water partition coefficient (Wildman–Crippen LogP) is 1.88. The zero-order chi connectivity index (χ0) is 14.6. The molecule has 0 fully saturated rings. The van der Waals surface area contributed by atoms with Gasteiger partial charge in [0, 0.05) is 0 Å². The first-order valence-electron chi connectivity index (χ1n) is 6.12. The van der Waals surface area contributed by atoms with Gasteiger partial charge in [-0.3, -0.25) is 4.31 Å². The zero-order valence-electron chi connectivity index (χ0n) is 11.3. The van der Waals surface area contributed by atoms with Gasteiger partial charge in [0.2, 0.25) is 10.0 Å². The molecule has 0 bridgehead atoms. The highest BCUT2D eigenvalue weighted by Crippen LogP contribution is 2.23. The molecule has 1 N–H and O–H groups in total. The Kier molecular flexibility index (Phi) is 4.94. The Bertz CT molecular complexity index is 536. The summed E-state index contributed by atoms with van der Waals surface area (Å²) in [6.45, 7) is 3.65. The second kappa shape index (κ2) is 6.06. The van der Waals surface area contributed by atoms with Crippen molar-refractivity contribution < 1.29 is 18.3 Å². The van der Waals surface area contributed by atoms with E-state index in [-0.39, 0.29) is 6.42 Å². The molecule has 1 rings (SSSR count). The van der Waals surface area contributed by atoms with E-state index in [1.807, 2.05) is 19.1 Å². The van der Waals surface area contributed by atoms with Crippen LogP contribution in [0.2, 0.25) is 0 Å². The molecule has 0 aliphatic rings. The normalized spacial score (nSPS) is 13.0. The molecule has 1 atom stereocenters. The summed E-state index contributed by atoms with van der Waals surface area (Å²) in [5, 5.41) is 9.16. The van der Waals surface area contributed by atoms with Crippen LogP contribution >= 0.6 is 0 Å². The quantitative estimate of drug-likeness (QED) is 0.866. The van der Waals surface area contributed by atoms with Crippen LogP contribution < -0.4 is 4.31 Å². The number of carboxylic acids is 1. The van der Waals surface area contributed by atoms with Crippen molar-refractivity contribution in [3.8, 4) is 0 Å². The van der Waals surface area contributed by atoms with Gasteiger partial charge in [0.05, 0.1) is 11.9 Å². The van der Waals surface area contributed by atoms with E-state index in [1.54, 1.807) is 19.1 Å². The molecule has 0 spiro atoms. The summed E-state index contributed by atoms with van der Waals surface area (Å²) in [6.07, 6.45) is 2.07. The van der Waals surface area contributed by atoms with Crippen LogP contribution in [-0.2, 0) is 21.2 Å². The van der Waals surface area contributed by atoms with E-state index in [9.17, 15) is 13.2 Å². The number of carboxylic acid groups (broad SMARTS) is 1. The summed E-state index contributed by atoms with van der Waals surface area (Å²) >= 11 is 0. The minimum Gasteiger partial charge on any atom is -0.480 e. The summed E-state index contributed by atoms with van der Waals surface area (Å²) in [6, 6.07) is 5.82. The van der Waals surface area contributed by atoms with Crippen LogP contribution in [0.1, 0.15) is 25.8 Å². The number of nitrogens with zero attached hydrogens (tertiary/aromatic N) is 1. The maximum Gasteiger partial charge on any atom is 0.327 e. The van der Waals surface area contributed by atoms with Gasteiger partial charge in [-0.15, -0.1) is 0 Å². The fourth-order valence-corrected chi connectivity index (χ4v) is 3.13. The summed E-state index contributed by atoms with van der Waals surface area (Å²) in [4.78, 5) is 11.2.